The molecule has 1 heterocycles. The van der Waals surface area contributed by atoms with Crippen molar-refractivity contribution in [2.45, 2.75) is 26.4 Å². The van der Waals surface area contributed by atoms with Crippen molar-refractivity contribution in [2.75, 3.05) is 10.6 Å². The maximum absolute atomic E-state index is 13.8. The van der Waals surface area contributed by atoms with Crippen LogP contribution in [0.3, 0.4) is 0 Å². The van der Waals surface area contributed by atoms with Gasteiger partial charge in [-0.15, -0.1) is 0 Å². The van der Waals surface area contributed by atoms with Crippen molar-refractivity contribution in [2.24, 2.45) is 0 Å². The van der Waals surface area contributed by atoms with E-state index in [4.69, 9.17) is 4.74 Å². The molecule has 1 atom stereocenters. The Bertz CT molecular complexity index is 600. The molecule has 2 rings (SSSR count). The maximum atomic E-state index is 13.8. The molecule has 2 amide bonds. The lowest BCUT2D eigenvalue weighted by molar-refractivity contribution is -0.150. The number of carbonyl (C=O) groups excluding carboxylic acids is 3. The van der Waals surface area contributed by atoms with Crippen LogP contribution < -0.4 is 10.6 Å². The number of esters is 1. The van der Waals surface area contributed by atoms with Gasteiger partial charge in [-0.05, 0) is 24.6 Å². The van der Waals surface area contributed by atoms with Crippen molar-refractivity contribution in [3.05, 3.63) is 23.5 Å². The summed E-state index contributed by atoms with van der Waals surface area (Å²) in [4.78, 5) is 33.7. The van der Waals surface area contributed by atoms with Crippen LogP contribution in [0.5, 0.6) is 0 Å². The van der Waals surface area contributed by atoms with E-state index in [2.05, 4.69) is 10.6 Å². The lowest BCUT2D eigenvalue weighted by Gasteiger charge is -2.13. The number of hydrogen-bond acceptors (Lipinski definition) is 4. The summed E-state index contributed by atoms with van der Waals surface area (Å²) >= 11 is 0. The van der Waals surface area contributed by atoms with Gasteiger partial charge in [0.05, 0.1) is 12.1 Å². The zero-order valence-corrected chi connectivity index (χ0v) is 11.0. The monoisotopic (exact) mass is 280 g/mol. The number of amides is 2. The first-order chi connectivity index (χ1) is 9.36. The number of halogens is 1. The summed E-state index contributed by atoms with van der Waals surface area (Å²) in [6.45, 7) is 2.55. The molecule has 1 aromatic rings. The van der Waals surface area contributed by atoms with E-state index in [0.717, 1.165) is 0 Å². The Balaban J connectivity index is 2.14. The minimum absolute atomic E-state index is 0.0741. The van der Waals surface area contributed by atoms with Crippen LogP contribution in [-0.4, -0.2) is 23.9 Å². The van der Waals surface area contributed by atoms with Crippen LogP contribution in [0.1, 0.15) is 19.4 Å². The third-order valence-corrected chi connectivity index (χ3v) is 2.79. The average Bonchev–Trinajstić information content (AvgIpc) is 2.67. The molecule has 0 fully saturated rings. The van der Waals surface area contributed by atoms with Gasteiger partial charge in [0.15, 0.2) is 6.10 Å². The second-order valence-corrected chi connectivity index (χ2v) is 4.46. The second kappa shape index (κ2) is 5.28. The normalized spacial score (nSPS) is 14.2. The molecule has 106 valence electrons. The number of nitrogens with one attached hydrogen (secondary N) is 2. The molecule has 0 saturated heterocycles. The van der Waals surface area contributed by atoms with E-state index in [1.165, 1.54) is 26.0 Å². The lowest BCUT2D eigenvalue weighted by Crippen LogP contribution is -2.29. The Kier molecular flexibility index (Phi) is 3.69. The Labute approximate surface area is 114 Å². The molecule has 0 radical (unpaired) electrons. The Hall–Kier alpha value is -2.44. The molecule has 20 heavy (non-hydrogen) atoms. The predicted octanol–water partition coefficient (Wildman–Crippen LogP) is 1.21. The molecule has 0 spiro atoms. The van der Waals surface area contributed by atoms with Crippen molar-refractivity contribution >= 4 is 29.2 Å². The van der Waals surface area contributed by atoms with Crippen molar-refractivity contribution in [3.8, 4) is 0 Å². The van der Waals surface area contributed by atoms with E-state index in [-0.39, 0.29) is 18.0 Å². The Morgan fingerprint density at radius 3 is 2.80 bits per heavy atom. The number of anilines is 2. The quantitative estimate of drug-likeness (QED) is 0.815. The highest BCUT2D eigenvalue weighted by Gasteiger charge is 2.22. The average molecular weight is 280 g/mol. The molecule has 0 aromatic heterocycles. The summed E-state index contributed by atoms with van der Waals surface area (Å²) < 4.78 is 18.5. The van der Waals surface area contributed by atoms with Crippen LogP contribution >= 0.6 is 0 Å². The molecule has 0 bridgehead atoms. The summed E-state index contributed by atoms with van der Waals surface area (Å²) in [7, 11) is 0. The van der Waals surface area contributed by atoms with Gasteiger partial charge >= 0.3 is 5.97 Å². The molecule has 7 heteroatoms. The summed E-state index contributed by atoms with van der Waals surface area (Å²) in [5.41, 5.74) is 0.931. The van der Waals surface area contributed by atoms with Crippen molar-refractivity contribution in [3.63, 3.8) is 0 Å². The second-order valence-electron chi connectivity index (χ2n) is 4.46. The first kappa shape index (κ1) is 14.0. The standard InChI is InChI=1S/C13H13FN2O4/c1-6(20-7(2)17)13(19)16-11-5-10-8(3-9(11)14)4-12(18)15-10/h3,5-6H,4H2,1-2H3,(H,15,18)(H,16,19). The highest BCUT2D eigenvalue weighted by atomic mass is 19.1. The van der Waals surface area contributed by atoms with Gasteiger partial charge in [0, 0.05) is 12.6 Å². The largest absolute Gasteiger partial charge is 0.453 e. The molecular formula is C13H13FN2O4. The van der Waals surface area contributed by atoms with Gasteiger partial charge in [0.25, 0.3) is 5.91 Å². The van der Waals surface area contributed by atoms with E-state index in [0.29, 0.717) is 11.3 Å². The van der Waals surface area contributed by atoms with Crippen LogP contribution in [0.15, 0.2) is 12.1 Å². The van der Waals surface area contributed by atoms with Crippen molar-refractivity contribution in [1.82, 2.24) is 0 Å². The SMILES string of the molecule is CC(=O)OC(C)C(=O)Nc1cc2c(cc1F)CC(=O)N2. The fourth-order valence-electron chi connectivity index (χ4n) is 1.88. The minimum atomic E-state index is -1.03. The molecule has 0 saturated carbocycles. The zero-order valence-electron chi connectivity index (χ0n) is 11.0. The first-order valence-electron chi connectivity index (χ1n) is 5.97. The first-order valence-corrected chi connectivity index (χ1v) is 5.97. The Morgan fingerprint density at radius 1 is 1.45 bits per heavy atom. The summed E-state index contributed by atoms with van der Waals surface area (Å²) in [5.74, 6) is -2.13. The topological polar surface area (TPSA) is 84.5 Å². The van der Waals surface area contributed by atoms with Gasteiger partial charge in [0.1, 0.15) is 5.82 Å². The van der Waals surface area contributed by atoms with E-state index < -0.39 is 23.8 Å². The predicted molar refractivity (Wildman–Crippen MR) is 68.6 cm³/mol. The van der Waals surface area contributed by atoms with Crippen molar-refractivity contribution < 1.29 is 23.5 Å². The molecule has 2 N–H and O–H groups in total. The van der Waals surface area contributed by atoms with Gasteiger partial charge in [-0.2, -0.15) is 0 Å². The fraction of sp³-hybridized carbons (Fsp3) is 0.308. The molecular weight excluding hydrogens is 267 g/mol. The maximum Gasteiger partial charge on any atom is 0.303 e. The van der Waals surface area contributed by atoms with Gasteiger partial charge in [-0.25, -0.2) is 4.39 Å². The number of ether oxygens (including phenoxy) is 1. The van der Waals surface area contributed by atoms with Crippen molar-refractivity contribution in [1.29, 1.82) is 0 Å². The summed E-state index contributed by atoms with van der Waals surface area (Å²) in [6, 6.07) is 2.54. The van der Waals surface area contributed by atoms with Gasteiger partial charge in [-0.3, -0.25) is 14.4 Å². The minimum Gasteiger partial charge on any atom is -0.453 e. The number of hydrogen-bond donors (Lipinski definition) is 2. The highest BCUT2D eigenvalue weighted by Crippen LogP contribution is 2.29. The molecule has 1 unspecified atom stereocenters. The van der Waals surface area contributed by atoms with Gasteiger partial charge in [0.2, 0.25) is 5.91 Å². The van der Waals surface area contributed by atoms with E-state index in [9.17, 15) is 18.8 Å². The van der Waals surface area contributed by atoms with E-state index in [1.54, 1.807) is 0 Å². The number of carbonyl (C=O) groups is 3. The zero-order chi connectivity index (χ0) is 14.9. The number of rotatable bonds is 3. The van der Waals surface area contributed by atoms with Crippen LogP contribution in [0, 0.1) is 5.82 Å². The smallest absolute Gasteiger partial charge is 0.303 e. The third-order valence-electron chi connectivity index (χ3n) is 2.79. The lowest BCUT2D eigenvalue weighted by atomic mass is 10.1. The molecule has 1 aliphatic rings. The van der Waals surface area contributed by atoms with Crippen LogP contribution in [0.4, 0.5) is 15.8 Å². The number of benzene rings is 1. The molecule has 0 aliphatic carbocycles. The van der Waals surface area contributed by atoms with Gasteiger partial charge in [-0.1, -0.05) is 0 Å². The molecule has 1 aliphatic heterocycles. The van der Waals surface area contributed by atoms with Gasteiger partial charge < -0.3 is 15.4 Å². The molecule has 1 aromatic carbocycles. The summed E-state index contributed by atoms with van der Waals surface area (Å²) in [5, 5.41) is 4.87. The fourth-order valence-corrected chi connectivity index (χ4v) is 1.88. The number of fused-ring (bicyclic) bond motifs is 1. The summed E-state index contributed by atoms with van der Waals surface area (Å²) in [6.07, 6.45) is -0.917. The Morgan fingerprint density at radius 2 is 2.15 bits per heavy atom. The van der Waals surface area contributed by atoms with E-state index >= 15 is 0 Å². The van der Waals surface area contributed by atoms with Crippen LogP contribution in [-0.2, 0) is 25.5 Å². The highest BCUT2D eigenvalue weighted by molar-refractivity contribution is 6.01. The van der Waals surface area contributed by atoms with E-state index in [1.807, 2.05) is 0 Å². The molecule has 6 nitrogen and oxygen atoms in total. The van der Waals surface area contributed by atoms with Crippen LogP contribution in [0.2, 0.25) is 0 Å². The van der Waals surface area contributed by atoms with Crippen LogP contribution in [0.25, 0.3) is 0 Å². The third kappa shape index (κ3) is 2.93.